The van der Waals surface area contributed by atoms with Gasteiger partial charge in [-0.2, -0.15) is 13.2 Å². The molecule has 0 aliphatic carbocycles. The average Bonchev–Trinajstić information content (AvgIpc) is 2.78. The van der Waals surface area contributed by atoms with Gasteiger partial charge in [0.05, 0.1) is 10.6 Å². The second kappa shape index (κ2) is 10.6. The van der Waals surface area contributed by atoms with Crippen LogP contribution in [0, 0.1) is 6.92 Å². The molecule has 3 aromatic rings. The second-order valence-electron chi connectivity index (χ2n) is 7.94. The van der Waals surface area contributed by atoms with Gasteiger partial charge in [-0.05, 0) is 66.4 Å². The van der Waals surface area contributed by atoms with Gasteiger partial charge in [0.1, 0.15) is 12.1 Å². The van der Waals surface area contributed by atoms with Crippen molar-refractivity contribution in [3.8, 4) is 11.1 Å². The Hall–Kier alpha value is -3.23. The van der Waals surface area contributed by atoms with E-state index in [1.165, 1.54) is 43.3 Å². The zero-order valence-electron chi connectivity index (χ0n) is 18.6. The highest BCUT2D eigenvalue weighted by molar-refractivity contribution is 6.34. The maximum Gasteiger partial charge on any atom is 0.412 e. The van der Waals surface area contributed by atoms with Crippen LogP contribution in [0.25, 0.3) is 11.1 Å². The maximum absolute atomic E-state index is 13.9. The van der Waals surface area contributed by atoms with Crippen molar-refractivity contribution in [3.63, 3.8) is 0 Å². The molecule has 35 heavy (non-hydrogen) atoms. The van der Waals surface area contributed by atoms with E-state index in [4.69, 9.17) is 28.3 Å². The molecule has 0 bridgehead atoms. The van der Waals surface area contributed by atoms with Crippen molar-refractivity contribution in [1.82, 2.24) is 5.32 Å². The van der Waals surface area contributed by atoms with Gasteiger partial charge < -0.3 is 15.7 Å². The lowest BCUT2D eigenvalue weighted by atomic mass is 10.0. The molecule has 0 aromatic heterocycles. The number of rotatable bonds is 7. The van der Waals surface area contributed by atoms with Crippen LogP contribution in [-0.2, 0) is 4.79 Å². The molecule has 3 rings (SSSR count). The lowest BCUT2D eigenvalue weighted by Gasteiger charge is -2.24. The molecule has 3 aromatic carbocycles. The number of aryl methyl sites for hydroxylation is 1. The molecule has 184 valence electrons. The van der Waals surface area contributed by atoms with E-state index in [0.717, 1.165) is 0 Å². The van der Waals surface area contributed by atoms with Crippen molar-refractivity contribution in [1.29, 1.82) is 0 Å². The molecule has 1 unspecified atom stereocenters. The molecule has 0 radical (unpaired) electrons. The van der Waals surface area contributed by atoms with Crippen LogP contribution in [-0.4, -0.2) is 29.2 Å². The molecule has 0 aliphatic rings. The van der Waals surface area contributed by atoms with Gasteiger partial charge in [-0.3, -0.25) is 9.59 Å². The maximum atomic E-state index is 13.9. The third kappa shape index (κ3) is 6.46. The molecule has 0 saturated carbocycles. The van der Waals surface area contributed by atoms with Crippen LogP contribution in [0.5, 0.6) is 0 Å². The highest BCUT2D eigenvalue weighted by Gasteiger charge is 2.41. The minimum atomic E-state index is -4.57. The first-order chi connectivity index (χ1) is 16.4. The van der Waals surface area contributed by atoms with Crippen molar-refractivity contribution in [3.05, 3.63) is 87.4 Å². The molecule has 3 N–H and O–H groups in total. The molecule has 5 nitrogen and oxygen atoms in total. The summed E-state index contributed by atoms with van der Waals surface area (Å²) in [6.45, 7) is 2.95. The lowest BCUT2D eigenvalue weighted by Crippen LogP contribution is -2.38. The fourth-order valence-corrected chi connectivity index (χ4v) is 3.76. The normalized spacial score (nSPS) is 13.1. The fraction of sp³-hybridized carbons (Fsp3) is 0.200. The van der Waals surface area contributed by atoms with Crippen LogP contribution in [0.15, 0.2) is 60.7 Å². The van der Waals surface area contributed by atoms with Crippen LogP contribution in [0.1, 0.15) is 34.5 Å². The smallest absolute Gasteiger partial charge is 0.412 e. The Labute approximate surface area is 209 Å². The number of benzene rings is 3. The third-order valence-electron chi connectivity index (χ3n) is 5.28. The quantitative estimate of drug-likeness (QED) is 0.314. The number of carbonyl (C=O) groups excluding carboxylic acids is 1. The number of aliphatic carboxylic acids is 1. The molecule has 0 heterocycles. The van der Waals surface area contributed by atoms with Crippen LogP contribution < -0.4 is 10.6 Å². The van der Waals surface area contributed by atoms with Crippen LogP contribution in [0.3, 0.4) is 0 Å². The minimum Gasteiger partial charge on any atom is -0.480 e. The topological polar surface area (TPSA) is 78.4 Å². The molecule has 0 saturated heterocycles. The summed E-state index contributed by atoms with van der Waals surface area (Å²) >= 11 is 12.2. The predicted molar refractivity (Wildman–Crippen MR) is 130 cm³/mol. The van der Waals surface area contributed by atoms with Gasteiger partial charge in [0.15, 0.2) is 0 Å². The summed E-state index contributed by atoms with van der Waals surface area (Å²) in [5.74, 6) is -1.85. The molecule has 2 atom stereocenters. The van der Waals surface area contributed by atoms with E-state index < -0.39 is 30.1 Å². The first-order valence-corrected chi connectivity index (χ1v) is 11.2. The number of alkyl halides is 3. The zero-order valence-corrected chi connectivity index (χ0v) is 20.1. The number of carboxylic acid groups (broad SMARTS) is 1. The van der Waals surface area contributed by atoms with Crippen LogP contribution in [0.4, 0.5) is 18.9 Å². The van der Waals surface area contributed by atoms with Gasteiger partial charge >= 0.3 is 12.1 Å². The average molecular weight is 525 g/mol. The van der Waals surface area contributed by atoms with E-state index in [2.05, 4.69) is 10.6 Å². The fourth-order valence-electron chi connectivity index (χ4n) is 3.37. The van der Waals surface area contributed by atoms with Crippen molar-refractivity contribution in [2.45, 2.75) is 32.1 Å². The van der Waals surface area contributed by atoms with Gasteiger partial charge in [0.2, 0.25) is 0 Å². The number of amides is 1. The first-order valence-electron chi connectivity index (χ1n) is 10.4. The van der Waals surface area contributed by atoms with Gasteiger partial charge in [0, 0.05) is 10.7 Å². The summed E-state index contributed by atoms with van der Waals surface area (Å²) < 4.78 is 41.6. The summed E-state index contributed by atoms with van der Waals surface area (Å²) in [4.78, 5) is 23.2. The van der Waals surface area contributed by atoms with Gasteiger partial charge in [-0.1, -0.05) is 53.5 Å². The molecule has 0 spiro atoms. The number of hydrogen-bond donors (Lipinski definition) is 3. The molecular formula is C25H21Cl2F3N2O3. The van der Waals surface area contributed by atoms with Crippen molar-refractivity contribution in [2.24, 2.45) is 0 Å². The lowest BCUT2D eigenvalue weighted by molar-refractivity contribution is -0.144. The standard InChI is InChI=1S/C25H21Cl2F3N2O3/c1-13-10-17(7-9-20(13)26)22(25(28,29)30)32-18-5-3-4-15(11-18)16-6-8-19(21(27)12-16)23(33)31-14(2)24(34)35/h3-12,14,22,32H,1-2H3,(H,31,33)(H,34,35)/t14?,22-/m0/s1. The zero-order chi connectivity index (χ0) is 25.9. The number of hydrogen-bond acceptors (Lipinski definition) is 3. The van der Waals surface area contributed by atoms with E-state index in [1.807, 2.05) is 0 Å². The summed E-state index contributed by atoms with van der Waals surface area (Å²) in [6.07, 6.45) is -4.57. The number of carbonyl (C=O) groups is 2. The SMILES string of the molecule is Cc1cc([C@H](Nc2cccc(-c3ccc(C(=O)NC(C)C(=O)O)c(Cl)c3)c2)C(F)(F)F)ccc1Cl. The monoisotopic (exact) mass is 524 g/mol. The molecule has 10 heteroatoms. The Balaban J connectivity index is 1.87. The van der Waals surface area contributed by atoms with Crippen LogP contribution >= 0.6 is 23.2 Å². The Bertz CT molecular complexity index is 1260. The van der Waals surface area contributed by atoms with Gasteiger partial charge in [0.25, 0.3) is 5.91 Å². The van der Waals surface area contributed by atoms with E-state index >= 15 is 0 Å². The number of halogens is 5. The summed E-state index contributed by atoms with van der Waals surface area (Å²) in [7, 11) is 0. The van der Waals surface area contributed by atoms with Gasteiger partial charge in [-0.15, -0.1) is 0 Å². The molecule has 0 fully saturated rings. The minimum absolute atomic E-state index is 0.0267. The van der Waals surface area contributed by atoms with E-state index in [9.17, 15) is 22.8 Å². The predicted octanol–water partition coefficient (Wildman–Crippen LogP) is 6.89. The first kappa shape index (κ1) is 26.4. The highest BCUT2D eigenvalue weighted by atomic mass is 35.5. The molecular weight excluding hydrogens is 504 g/mol. The van der Waals surface area contributed by atoms with E-state index in [0.29, 0.717) is 21.7 Å². The number of carboxylic acids is 1. The molecule has 0 aliphatic heterocycles. The Kier molecular flexibility index (Phi) is 7.97. The Morgan fingerprint density at radius 2 is 1.63 bits per heavy atom. The van der Waals surface area contributed by atoms with Gasteiger partial charge in [-0.25, -0.2) is 0 Å². The van der Waals surface area contributed by atoms with Crippen molar-refractivity contribution in [2.75, 3.05) is 5.32 Å². The highest BCUT2D eigenvalue weighted by Crippen LogP contribution is 2.37. The summed E-state index contributed by atoms with van der Waals surface area (Å²) in [5, 5.41) is 14.3. The third-order valence-corrected chi connectivity index (χ3v) is 6.02. The van der Waals surface area contributed by atoms with Crippen LogP contribution in [0.2, 0.25) is 10.0 Å². The second-order valence-corrected chi connectivity index (χ2v) is 8.75. The van der Waals surface area contributed by atoms with Crippen molar-refractivity contribution < 1.29 is 27.9 Å². The summed E-state index contributed by atoms with van der Waals surface area (Å²) in [5.41, 5.74) is 1.99. The largest absolute Gasteiger partial charge is 0.480 e. The Morgan fingerprint density at radius 1 is 0.943 bits per heavy atom. The van der Waals surface area contributed by atoms with E-state index in [1.54, 1.807) is 31.2 Å². The number of nitrogens with one attached hydrogen (secondary N) is 2. The van der Waals surface area contributed by atoms with E-state index in [-0.39, 0.29) is 21.8 Å². The Morgan fingerprint density at radius 3 is 2.23 bits per heavy atom. The molecule has 1 amide bonds. The summed E-state index contributed by atoms with van der Waals surface area (Å²) in [6, 6.07) is 11.9. The number of anilines is 1. The van der Waals surface area contributed by atoms with Crippen molar-refractivity contribution >= 4 is 40.8 Å².